The van der Waals surface area contributed by atoms with Gasteiger partial charge in [0.05, 0.1) is 16.4 Å². The van der Waals surface area contributed by atoms with Crippen molar-refractivity contribution >= 4 is 34.5 Å². The van der Waals surface area contributed by atoms with E-state index in [9.17, 15) is 4.79 Å². The van der Waals surface area contributed by atoms with Crippen LogP contribution in [0.25, 0.3) is 0 Å². The number of carbonyl (C=O) groups excluding carboxylic acids is 1. The first-order chi connectivity index (χ1) is 8.35. The largest absolute Gasteiger partial charge is 0.392 e. The summed E-state index contributed by atoms with van der Waals surface area (Å²) < 4.78 is 0. The highest BCUT2D eigenvalue weighted by atomic mass is 32.1. The third-order valence-corrected chi connectivity index (χ3v) is 5.20. The van der Waals surface area contributed by atoms with E-state index in [4.69, 9.17) is 18.0 Å². The van der Waals surface area contributed by atoms with Crippen molar-refractivity contribution in [1.82, 2.24) is 4.90 Å². The lowest BCUT2D eigenvalue weighted by Gasteiger charge is -2.38. The fourth-order valence-electron chi connectivity index (χ4n) is 2.25. The molecule has 0 aliphatic carbocycles. The fourth-order valence-corrected chi connectivity index (χ4v) is 3.30. The molecule has 0 saturated heterocycles. The average molecular weight is 282 g/mol. The highest BCUT2D eigenvalue weighted by Crippen LogP contribution is 2.35. The number of hydrogen-bond donors (Lipinski definition) is 1. The molecule has 2 rings (SSSR count). The molecule has 18 heavy (non-hydrogen) atoms. The second-order valence-electron chi connectivity index (χ2n) is 5.21. The monoisotopic (exact) mass is 282 g/mol. The Kier molecular flexibility index (Phi) is 3.47. The highest BCUT2D eigenvalue weighted by Gasteiger charge is 2.38. The number of thiophene rings is 1. The number of fused-ring (bicyclic) bond motifs is 1. The van der Waals surface area contributed by atoms with Crippen molar-refractivity contribution in [3.63, 3.8) is 0 Å². The van der Waals surface area contributed by atoms with Gasteiger partial charge in [-0.3, -0.25) is 4.79 Å². The normalized spacial score (nSPS) is 19.5. The Morgan fingerprint density at radius 3 is 2.89 bits per heavy atom. The van der Waals surface area contributed by atoms with E-state index in [2.05, 4.69) is 18.4 Å². The molecule has 1 aromatic rings. The number of nitrogens with zero attached hydrogens (tertiary/aromatic N) is 1. The van der Waals surface area contributed by atoms with Gasteiger partial charge in [0.15, 0.2) is 0 Å². The van der Waals surface area contributed by atoms with Gasteiger partial charge in [-0.05, 0) is 44.2 Å². The summed E-state index contributed by atoms with van der Waals surface area (Å²) in [4.78, 5) is 16.1. The van der Waals surface area contributed by atoms with Gasteiger partial charge in [-0.2, -0.15) is 0 Å². The van der Waals surface area contributed by atoms with Crippen molar-refractivity contribution in [1.29, 1.82) is 0 Å². The summed E-state index contributed by atoms with van der Waals surface area (Å²) in [6.45, 7) is 6.42. The van der Waals surface area contributed by atoms with E-state index in [0.29, 0.717) is 0 Å². The smallest absolute Gasteiger partial charge is 0.235 e. The van der Waals surface area contributed by atoms with Crippen LogP contribution in [-0.2, 0) is 11.2 Å². The minimum absolute atomic E-state index is 0.0272. The van der Waals surface area contributed by atoms with E-state index in [0.717, 1.165) is 13.0 Å². The minimum Gasteiger partial charge on any atom is -0.392 e. The molecule has 0 saturated carbocycles. The SMILES string of the molecule is CC1c2ccsc2CCN1C(=O)C(C)(C)C(N)=S. The van der Waals surface area contributed by atoms with Crippen LogP contribution in [0.2, 0.25) is 0 Å². The Morgan fingerprint density at radius 2 is 2.28 bits per heavy atom. The van der Waals surface area contributed by atoms with Crippen LogP contribution in [0, 0.1) is 5.41 Å². The Bertz CT molecular complexity index is 493. The quantitative estimate of drug-likeness (QED) is 0.848. The summed E-state index contributed by atoms with van der Waals surface area (Å²) in [5.41, 5.74) is 6.18. The molecule has 0 bridgehead atoms. The van der Waals surface area contributed by atoms with Gasteiger partial charge in [-0.25, -0.2) is 0 Å². The molecule has 1 aliphatic rings. The van der Waals surface area contributed by atoms with Crippen LogP contribution in [0.4, 0.5) is 0 Å². The Labute approximate surface area is 117 Å². The van der Waals surface area contributed by atoms with Crippen LogP contribution < -0.4 is 5.73 Å². The molecule has 2 heterocycles. The zero-order valence-corrected chi connectivity index (χ0v) is 12.5. The van der Waals surface area contributed by atoms with E-state index in [1.54, 1.807) is 25.2 Å². The lowest BCUT2D eigenvalue weighted by Crippen LogP contribution is -2.49. The number of amides is 1. The average Bonchev–Trinajstić information content (AvgIpc) is 2.77. The van der Waals surface area contributed by atoms with Crippen molar-refractivity contribution in [2.45, 2.75) is 33.2 Å². The minimum atomic E-state index is -0.767. The van der Waals surface area contributed by atoms with Gasteiger partial charge in [0.25, 0.3) is 0 Å². The van der Waals surface area contributed by atoms with Crippen LogP contribution in [0.1, 0.15) is 37.3 Å². The number of thiocarbonyl (C=S) groups is 1. The second-order valence-corrected chi connectivity index (χ2v) is 6.65. The molecular weight excluding hydrogens is 264 g/mol. The van der Waals surface area contributed by atoms with Gasteiger partial charge in [-0.15, -0.1) is 11.3 Å². The molecule has 5 heteroatoms. The molecule has 0 fully saturated rings. The predicted octanol–water partition coefficient (Wildman–Crippen LogP) is 2.51. The summed E-state index contributed by atoms with van der Waals surface area (Å²) in [5, 5.41) is 2.09. The summed E-state index contributed by atoms with van der Waals surface area (Å²) in [5.74, 6) is 0.0272. The van der Waals surface area contributed by atoms with E-state index < -0.39 is 5.41 Å². The van der Waals surface area contributed by atoms with Crippen molar-refractivity contribution < 1.29 is 4.79 Å². The molecule has 1 amide bonds. The second kappa shape index (κ2) is 4.63. The molecule has 0 spiro atoms. The first-order valence-electron chi connectivity index (χ1n) is 6.03. The van der Waals surface area contributed by atoms with E-state index in [1.807, 2.05) is 4.90 Å². The van der Waals surface area contributed by atoms with Crippen LogP contribution >= 0.6 is 23.6 Å². The van der Waals surface area contributed by atoms with Crippen LogP contribution in [0.15, 0.2) is 11.4 Å². The third-order valence-electron chi connectivity index (χ3n) is 3.69. The van der Waals surface area contributed by atoms with Gasteiger partial charge in [0, 0.05) is 11.4 Å². The summed E-state index contributed by atoms with van der Waals surface area (Å²) in [7, 11) is 0. The van der Waals surface area contributed by atoms with E-state index in [-0.39, 0.29) is 16.9 Å². The molecule has 1 aromatic heterocycles. The standard InChI is InChI=1S/C13H18N2OS2/c1-8-9-5-7-18-10(9)4-6-15(8)12(16)13(2,3)11(14)17/h5,7-8H,4,6H2,1-3H3,(H2,14,17). The third kappa shape index (κ3) is 2.06. The topological polar surface area (TPSA) is 46.3 Å². The maximum atomic E-state index is 12.6. The van der Waals surface area contributed by atoms with Gasteiger partial charge in [0.1, 0.15) is 0 Å². The Morgan fingerprint density at radius 1 is 1.61 bits per heavy atom. The zero-order chi connectivity index (χ0) is 13.5. The van der Waals surface area contributed by atoms with Gasteiger partial charge in [-0.1, -0.05) is 12.2 Å². The van der Waals surface area contributed by atoms with Crippen LogP contribution in [0.3, 0.4) is 0 Å². The maximum absolute atomic E-state index is 12.6. The number of rotatable bonds is 2. The van der Waals surface area contributed by atoms with E-state index in [1.165, 1.54) is 10.4 Å². The van der Waals surface area contributed by atoms with Crippen molar-refractivity contribution in [3.8, 4) is 0 Å². The lowest BCUT2D eigenvalue weighted by atomic mass is 9.89. The molecule has 1 unspecified atom stereocenters. The molecule has 1 aliphatic heterocycles. The van der Waals surface area contributed by atoms with Crippen molar-refractivity contribution in [2.75, 3.05) is 6.54 Å². The molecule has 3 nitrogen and oxygen atoms in total. The molecule has 98 valence electrons. The number of nitrogens with two attached hydrogens (primary N) is 1. The Hall–Kier alpha value is -0.940. The molecule has 0 aromatic carbocycles. The first-order valence-corrected chi connectivity index (χ1v) is 7.31. The van der Waals surface area contributed by atoms with E-state index >= 15 is 0 Å². The number of carbonyl (C=O) groups is 1. The lowest BCUT2D eigenvalue weighted by molar-refractivity contribution is -0.139. The molecule has 1 atom stereocenters. The first kappa shape index (κ1) is 13.5. The zero-order valence-electron chi connectivity index (χ0n) is 10.9. The molecular formula is C13H18N2OS2. The van der Waals surface area contributed by atoms with Gasteiger partial charge < -0.3 is 10.6 Å². The molecule has 2 N–H and O–H groups in total. The molecule has 0 radical (unpaired) electrons. The summed E-state index contributed by atoms with van der Waals surface area (Å²) >= 11 is 6.78. The fraction of sp³-hybridized carbons (Fsp3) is 0.538. The Balaban J connectivity index is 2.27. The van der Waals surface area contributed by atoms with Crippen LogP contribution in [0.5, 0.6) is 0 Å². The summed E-state index contributed by atoms with van der Waals surface area (Å²) in [6.07, 6.45) is 0.927. The van der Waals surface area contributed by atoms with Crippen LogP contribution in [-0.4, -0.2) is 22.3 Å². The predicted molar refractivity (Wildman–Crippen MR) is 78.7 cm³/mol. The maximum Gasteiger partial charge on any atom is 0.235 e. The van der Waals surface area contributed by atoms with Crippen molar-refractivity contribution in [3.05, 3.63) is 21.9 Å². The van der Waals surface area contributed by atoms with Crippen molar-refractivity contribution in [2.24, 2.45) is 11.1 Å². The number of hydrogen-bond acceptors (Lipinski definition) is 3. The van der Waals surface area contributed by atoms with Gasteiger partial charge >= 0.3 is 0 Å². The van der Waals surface area contributed by atoms with Gasteiger partial charge in [0.2, 0.25) is 5.91 Å². The summed E-state index contributed by atoms with van der Waals surface area (Å²) in [6, 6.07) is 2.22. The highest BCUT2D eigenvalue weighted by molar-refractivity contribution is 7.80.